The van der Waals surface area contributed by atoms with Gasteiger partial charge in [-0.25, -0.2) is 0 Å². The fourth-order valence-electron chi connectivity index (χ4n) is 2.89. The van der Waals surface area contributed by atoms with E-state index in [9.17, 15) is 4.79 Å². The molecule has 0 bridgehead atoms. The molecule has 0 aromatic heterocycles. The molecule has 0 aliphatic heterocycles. The number of nitrogens with one attached hydrogen (secondary N) is 1. The molecule has 24 heavy (non-hydrogen) atoms. The van der Waals surface area contributed by atoms with Gasteiger partial charge >= 0.3 is 0 Å². The number of hydrogen-bond acceptors (Lipinski definition) is 4. The van der Waals surface area contributed by atoms with E-state index < -0.39 is 0 Å². The third kappa shape index (κ3) is 6.36. The number of carbonyl (C=O) groups excluding carboxylic acids is 1. The van der Waals surface area contributed by atoms with Crippen molar-refractivity contribution in [3.63, 3.8) is 0 Å². The third-order valence-corrected chi connectivity index (χ3v) is 4.37. The Bertz CT molecular complexity index is 535. The standard InChI is InChI=1S/C20H32N2O2/c1-6-7-18(21-24)11-8-15(2)14-16(3)20(23)17-9-12-19(13-10-17)22(4)5/h7,9-10,12-13,15-16,21,24H,6,8,11,14H2,1-5H3/b18-7+. The molecule has 0 heterocycles. The van der Waals surface area contributed by atoms with Crippen LogP contribution in [0.5, 0.6) is 0 Å². The number of carbonyl (C=O) groups is 1. The van der Waals surface area contributed by atoms with Crippen LogP contribution in [0.1, 0.15) is 56.8 Å². The molecule has 0 amide bonds. The van der Waals surface area contributed by atoms with Crippen molar-refractivity contribution in [2.75, 3.05) is 19.0 Å². The Labute approximate surface area is 146 Å². The van der Waals surface area contributed by atoms with Gasteiger partial charge in [0.1, 0.15) is 0 Å². The molecule has 0 spiro atoms. The molecule has 1 aromatic carbocycles. The Kier molecular flexibility index (Phi) is 8.55. The summed E-state index contributed by atoms with van der Waals surface area (Å²) in [6, 6.07) is 7.80. The molecule has 0 fully saturated rings. The van der Waals surface area contributed by atoms with Crippen LogP contribution in [0.3, 0.4) is 0 Å². The van der Waals surface area contributed by atoms with E-state index in [0.717, 1.165) is 42.6 Å². The van der Waals surface area contributed by atoms with Crippen molar-refractivity contribution in [3.8, 4) is 0 Å². The van der Waals surface area contributed by atoms with E-state index in [2.05, 4.69) is 12.4 Å². The third-order valence-electron chi connectivity index (χ3n) is 4.37. The monoisotopic (exact) mass is 332 g/mol. The average molecular weight is 332 g/mol. The Morgan fingerprint density at radius 1 is 1.25 bits per heavy atom. The average Bonchev–Trinajstić information content (AvgIpc) is 2.57. The zero-order chi connectivity index (χ0) is 18.1. The molecule has 0 saturated carbocycles. The van der Waals surface area contributed by atoms with Crippen molar-refractivity contribution < 1.29 is 10.0 Å². The Balaban J connectivity index is 2.55. The fourth-order valence-corrected chi connectivity index (χ4v) is 2.89. The van der Waals surface area contributed by atoms with E-state index in [0.29, 0.717) is 5.92 Å². The molecular formula is C20H32N2O2. The van der Waals surface area contributed by atoms with Crippen LogP contribution in [0.4, 0.5) is 5.69 Å². The predicted molar refractivity (Wildman–Crippen MR) is 101 cm³/mol. The molecule has 4 heteroatoms. The zero-order valence-corrected chi connectivity index (χ0v) is 15.7. The molecule has 0 aliphatic rings. The van der Waals surface area contributed by atoms with E-state index in [1.165, 1.54) is 0 Å². The van der Waals surface area contributed by atoms with E-state index >= 15 is 0 Å². The van der Waals surface area contributed by atoms with Crippen LogP contribution in [0.15, 0.2) is 36.0 Å². The fraction of sp³-hybridized carbons (Fsp3) is 0.550. The second kappa shape index (κ2) is 10.1. The Morgan fingerprint density at radius 3 is 2.38 bits per heavy atom. The first-order chi connectivity index (χ1) is 11.4. The van der Waals surface area contributed by atoms with Crippen molar-refractivity contribution in [2.45, 2.75) is 46.5 Å². The highest BCUT2D eigenvalue weighted by atomic mass is 16.5. The van der Waals surface area contributed by atoms with Crippen molar-refractivity contribution in [3.05, 3.63) is 41.6 Å². The summed E-state index contributed by atoms with van der Waals surface area (Å²) >= 11 is 0. The van der Waals surface area contributed by atoms with Crippen molar-refractivity contribution in [1.29, 1.82) is 0 Å². The number of nitrogens with zero attached hydrogens (tertiary/aromatic N) is 1. The molecule has 0 radical (unpaired) electrons. The van der Waals surface area contributed by atoms with Crippen LogP contribution >= 0.6 is 0 Å². The molecule has 0 aliphatic carbocycles. The maximum atomic E-state index is 12.6. The lowest BCUT2D eigenvalue weighted by Crippen LogP contribution is -2.16. The topological polar surface area (TPSA) is 52.6 Å². The second-order valence-electron chi connectivity index (χ2n) is 6.84. The normalized spacial score (nSPS) is 14.2. The van der Waals surface area contributed by atoms with Gasteiger partial charge in [-0.15, -0.1) is 0 Å². The number of ketones is 1. The van der Waals surface area contributed by atoms with Crippen LogP contribution in [0, 0.1) is 11.8 Å². The van der Waals surface area contributed by atoms with Gasteiger partial charge in [-0.1, -0.05) is 26.8 Å². The summed E-state index contributed by atoms with van der Waals surface area (Å²) in [6.07, 6.45) is 5.52. The molecule has 1 aromatic rings. The SMILES string of the molecule is CC/C=C(\CCC(C)CC(C)C(=O)c1ccc(N(C)C)cc1)NO. The Hall–Kier alpha value is -1.81. The van der Waals surface area contributed by atoms with Crippen LogP contribution in [-0.4, -0.2) is 25.1 Å². The number of hydrogen-bond donors (Lipinski definition) is 2. The van der Waals surface area contributed by atoms with Gasteiger partial charge in [-0.05, 0) is 55.9 Å². The smallest absolute Gasteiger partial charge is 0.165 e. The van der Waals surface area contributed by atoms with Gasteiger partial charge in [0.2, 0.25) is 0 Å². The molecule has 4 nitrogen and oxygen atoms in total. The van der Waals surface area contributed by atoms with Crippen LogP contribution in [0.25, 0.3) is 0 Å². The summed E-state index contributed by atoms with van der Waals surface area (Å²) in [7, 11) is 3.98. The molecule has 1 rings (SSSR count). The number of benzene rings is 1. The molecular weight excluding hydrogens is 300 g/mol. The van der Waals surface area contributed by atoms with Gasteiger partial charge in [0.25, 0.3) is 0 Å². The predicted octanol–water partition coefficient (Wildman–Crippen LogP) is 4.65. The largest absolute Gasteiger partial charge is 0.378 e. The lowest BCUT2D eigenvalue weighted by Gasteiger charge is -2.18. The van der Waals surface area contributed by atoms with Crippen LogP contribution in [0.2, 0.25) is 0 Å². The molecule has 2 atom stereocenters. The van der Waals surface area contributed by atoms with Crippen LogP contribution < -0.4 is 10.4 Å². The number of rotatable bonds is 10. The summed E-state index contributed by atoms with van der Waals surface area (Å²) in [6.45, 7) is 6.22. The minimum Gasteiger partial charge on any atom is -0.378 e. The first-order valence-corrected chi connectivity index (χ1v) is 8.79. The summed E-state index contributed by atoms with van der Waals surface area (Å²) in [4.78, 5) is 14.6. The van der Waals surface area contributed by atoms with Gasteiger partial charge in [0, 0.05) is 37.0 Å². The van der Waals surface area contributed by atoms with Gasteiger partial charge in [-0.2, -0.15) is 0 Å². The van der Waals surface area contributed by atoms with Crippen molar-refractivity contribution in [2.24, 2.45) is 11.8 Å². The number of Topliss-reactive ketones (excluding diaryl/α,β-unsaturated/α-hetero) is 1. The van der Waals surface area contributed by atoms with E-state index in [4.69, 9.17) is 5.21 Å². The van der Waals surface area contributed by atoms with Gasteiger partial charge in [-0.3, -0.25) is 15.5 Å². The van der Waals surface area contributed by atoms with Gasteiger partial charge in [0.15, 0.2) is 5.78 Å². The number of hydroxylamine groups is 1. The van der Waals surface area contributed by atoms with Crippen LogP contribution in [-0.2, 0) is 0 Å². The number of allylic oxidation sites excluding steroid dienone is 2. The molecule has 134 valence electrons. The lowest BCUT2D eigenvalue weighted by atomic mass is 9.88. The van der Waals surface area contributed by atoms with Gasteiger partial charge in [0.05, 0.1) is 0 Å². The molecule has 0 saturated heterocycles. The first-order valence-electron chi connectivity index (χ1n) is 8.79. The summed E-state index contributed by atoms with van der Waals surface area (Å²) in [5.41, 5.74) is 5.01. The second-order valence-corrected chi connectivity index (χ2v) is 6.84. The van der Waals surface area contributed by atoms with E-state index in [-0.39, 0.29) is 11.7 Å². The quantitative estimate of drug-likeness (QED) is 0.484. The van der Waals surface area contributed by atoms with Crippen molar-refractivity contribution in [1.82, 2.24) is 5.48 Å². The highest BCUT2D eigenvalue weighted by molar-refractivity contribution is 5.97. The van der Waals surface area contributed by atoms with Gasteiger partial charge < -0.3 is 4.90 Å². The maximum absolute atomic E-state index is 12.6. The summed E-state index contributed by atoms with van der Waals surface area (Å²) in [5.74, 6) is 0.640. The summed E-state index contributed by atoms with van der Waals surface area (Å²) < 4.78 is 0. The lowest BCUT2D eigenvalue weighted by molar-refractivity contribution is 0.0912. The van der Waals surface area contributed by atoms with E-state index in [1.807, 2.05) is 63.2 Å². The molecule has 2 N–H and O–H groups in total. The maximum Gasteiger partial charge on any atom is 0.165 e. The number of anilines is 1. The first kappa shape index (κ1) is 20.2. The highest BCUT2D eigenvalue weighted by Crippen LogP contribution is 2.23. The molecule has 2 unspecified atom stereocenters. The highest BCUT2D eigenvalue weighted by Gasteiger charge is 2.18. The minimum absolute atomic E-state index is 0.00546. The zero-order valence-electron chi connectivity index (χ0n) is 15.7. The van der Waals surface area contributed by atoms with E-state index in [1.54, 1.807) is 0 Å². The minimum atomic E-state index is 0.00546. The Morgan fingerprint density at radius 2 is 1.88 bits per heavy atom. The van der Waals surface area contributed by atoms with Crippen molar-refractivity contribution >= 4 is 11.5 Å². The summed E-state index contributed by atoms with van der Waals surface area (Å²) in [5, 5.41) is 9.07.